The molecule has 0 atom stereocenters. The Labute approximate surface area is 158 Å². The zero-order valence-corrected chi connectivity index (χ0v) is 15.9. The van der Waals surface area contributed by atoms with Gasteiger partial charge in [0.25, 0.3) is 5.91 Å². The highest BCUT2D eigenvalue weighted by Crippen LogP contribution is 2.24. The lowest BCUT2D eigenvalue weighted by atomic mass is 10.0. The van der Waals surface area contributed by atoms with Gasteiger partial charge in [-0.25, -0.2) is 4.68 Å². The maximum Gasteiger partial charge on any atom is 0.260 e. The van der Waals surface area contributed by atoms with E-state index in [-0.39, 0.29) is 5.91 Å². The maximum atomic E-state index is 12.8. The third-order valence-corrected chi connectivity index (χ3v) is 4.66. The largest absolute Gasteiger partial charge is 0.322 e. The molecule has 3 aromatic rings. The summed E-state index contributed by atoms with van der Waals surface area (Å²) in [6.07, 6.45) is 0. The predicted octanol–water partition coefficient (Wildman–Crippen LogP) is 5.27. The zero-order valence-electron chi connectivity index (χ0n) is 15.2. The fraction of sp³-hybridized carbons (Fsp3) is 0.238. The van der Waals surface area contributed by atoms with E-state index in [1.165, 1.54) is 5.56 Å². The Hall–Kier alpha value is -2.59. The highest BCUT2D eigenvalue weighted by molar-refractivity contribution is 6.33. The molecule has 26 heavy (non-hydrogen) atoms. The van der Waals surface area contributed by atoms with Crippen LogP contribution in [0.15, 0.2) is 54.6 Å². The van der Waals surface area contributed by atoms with Gasteiger partial charge in [0.05, 0.1) is 17.8 Å². The molecule has 134 valence electrons. The van der Waals surface area contributed by atoms with Crippen LogP contribution in [0.2, 0.25) is 5.15 Å². The number of hydrogen-bond acceptors (Lipinski definition) is 2. The minimum atomic E-state index is -0.243. The van der Waals surface area contributed by atoms with Gasteiger partial charge >= 0.3 is 0 Å². The van der Waals surface area contributed by atoms with Crippen molar-refractivity contribution in [3.8, 4) is 0 Å². The Kier molecular flexibility index (Phi) is 5.43. The molecule has 0 unspecified atom stereocenters. The van der Waals surface area contributed by atoms with Crippen molar-refractivity contribution in [2.24, 2.45) is 0 Å². The van der Waals surface area contributed by atoms with Crippen LogP contribution in [-0.2, 0) is 6.54 Å². The van der Waals surface area contributed by atoms with Gasteiger partial charge < -0.3 is 5.32 Å². The molecule has 0 fully saturated rings. The summed E-state index contributed by atoms with van der Waals surface area (Å²) in [5.74, 6) is 0.151. The SMILES string of the molecule is Cc1nn(Cc2ccccc2)c(Cl)c1C(=O)Nc1cccc(C(C)C)c1. The standard InChI is InChI=1S/C21H22ClN3O/c1-14(2)17-10-7-11-18(12-17)23-21(26)19-15(3)24-25(20(19)22)13-16-8-5-4-6-9-16/h4-12,14H,13H2,1-3H3,(H,23,26). The Morgan fingerprint density at radius 3 is 2.58 bits per heavy atom. The normalized spacial score (nSPS) is 11.0. The molecular formula is C21H22ClN3O. The molecule has 0 saturated carbocycles. The highest BCUT2D eigenvalue weighted by Gasteiger charge is 2.20. The summed E-state index contributed by atoms with van der Waals surface area (Å²) in [5, 5.41) is 7.72. The Bertz CT molecular complexity index is 916. The summed E-state index contributed by atoms with van der Waals surface area (Å²) >= 11 is 6.46. The first-order valence-electron chi connectivity index (χ1n) is 8.64. The number of nitrogens with one attached hydrogen (secondary N) is 1. The van der Waals surface area contributed by atoms with Crippen molar-refractivity contribution >= 4 is 23.2 Å². The van der Waals surface area contributed by atoms with Gasteiger partial charge in [0.2, 0.25) is 0 Å². The number of rotatable bonds is 5. The zero-order chi connectivity index (χ0) is 18.7. The van der Waals surface area contributed by atoms with Gasteiger partial charge in [-0.2, -0.15) is 5.10 Å². The molecule has 0 radical (unpaired) electrons. The fourth-order valence-electron chi connectivity index (χ4n) is 2.84. The average Bonchev–Trinajstić information content (AvgIpc) is 2.89. The summed E-state index contributed by atoms with van der Waals surface area (Å²) in [5.41, 5.74) is 4.03. The summed E-state index contributed by atoms with van der Waals surface area (Å²) in [6, 6.07) is 17.8. The molecular weight excluding hydrogens is 346 g/mol. The lowest BCUT2D eigenvalue weighted by molar-refractivity contribution is 0.102. The van der Waals surface area contributed by atoms with Crippen LogP contribution in [0.1, 0.15) is 46.9 Å². The van der Waals surface area contributed by atoms with Gasteiger partial charge in [0, 0.05) is 5.69 Å². The molecule has 5 heteroatoms. The van der Waals surface area contributed by atoms with E-state index in [2.05, 4.69) is 30.3 Å². The number of carbonyl (C=O) groups excluding carboxylic acids is 1. The van der Waals surface area contributed by atoms with Crippen molar-refractivity contribution in [1.29, 1.82) is 0 Å². The minimum Gasteiger partial charge on any atom is -0.322 e. The van der Waals surface area contributed by atoms with Gasteiger partial charge in [0.15, 0.2) is 0 Å². The van der Waals surface area contributed by atoms with Crippen LogP contribution in [0.3, 0.4) is 0 Å². The molecule has 0 saturated heterocycles. The smallest absolute Gasteiger partial charge is 0.260 e. The van der Waals surface area contributed by atoms with Crippen molar-refractivity contribution in [2.75, 3.05) is 5.32 Å². The Balaban J connectivity index is 1.83. The molecule has 0 aliphatic rings. The number of amides is 1. The van der Waals surface area contributed by atoms with Gasteiger partial charge in [-0.05, 0) is 36.1 Å². The van der Waals surface area contributed by atoms with Crippen LogP contribution < -0.4 is 5.32 Å². The summed E-state index contributed by atoms with van der Waals surface area (Å²) in [4.78, 5) is 12.8. The first-order valence-corrected chi connectivity index (χ1v) is 9.01. The number of benzene rings is 2. The second kappa shape index (κ2) is 7.75. The van der Waals surface area contributed by atoms with E-state index in [9.17, 15) is 4.79 Å². The molecule has 1 amide bonds. The Morgan fingerprint density at radius 1 is 1.15 bits per heavy atom. The van der Waals surface area contributed by atoms with Crippen molar-refractivity contribution in [2.45, 2.75) is 33.2 Å². The monoisotopic (exact) mass is 367 g/mol. The van der Waals surface area contributed by atoms with E-state index in [1.54, 1.807) is 11.6 Å². The second-order valence-corrected chi connectivity index (χ2v) is 6.99. The van der Waals surface area contributed by atoms with Crippen LogP contribution in [0.25, 0.3) is 0 Å². The fourth-order valence-corrected chi connectivity index (χ4v) is 3.16. The van der Waals surface area contributed by atoms with E-state index in [0.717, 1.165) is 11.3 Å². The lowest BCUT2D eigenvalue weighted by Crippen LogP contribution is -2.13. The molecule has 1 heterocycles. The number of anilines is 1. The summed E-state index contributed by atoms with van der Waals surface area (Å²) < 4.78 is 1.66. The molecule has 1 N–H and O–H groups in total. The topological polar surface area (TPSA) is 46.9 Å². The number of halogens is 1. The highest BCUT2D eigenvalue weighted by atomic mass is 35.5. The summed E-state index contributed by atoms with van der Waals surface area (Å²) in [6.45, 7) is 6.56. The third kappa shape index (κ3) is 3.97. The van der Waals surface area contributed by atoms with Crippen LogP contribution in [0.4, 0.5) is 5.69 Å². The lowest BCUT2D eigenvalue weighted by Gasteiger charge is -2.09. The quantitative estimate of drug-likeness (QED) is 0.667. The molecule has 0 spiro atoms. The molecule has 0 bridgehead atoms. The van der Waals surface area contributed by atoms with Crippen LogP contribution in [0.5, 0.6) is 0 Å². The number of carbonyl (C=O) groups is 1. The van der Waals surface area contributed by atoms with Crippen LogP contribution in [-0.4, -0.2) is 15.7 Å². The van der Waals surface area contributed by atoms with E-state index in [4.69, 9.17) is 11.6 Å². The average molecular weight is 368 g/mol. The first kappa shape index (κ1) is 18.2. The molecule has 0 aliphatic carbocycles. The molecule has 2 aromatic carbocycles. The van der Waals surface area contributed by atoms with Gasteiger partial charge in [-0.1, -0.05) is 67.9 Å². The van der Waals surface area contributed by atoms with Crippen LogP contribution >= 0.6 is 11.6 Å². The molecule has 1 aromatic heterocycles. The number of aromatic nitrogens is 2. The van der Waals surface area contributed by atoms with Crippen molar-refractivity contribution in [3.63, 3.8) is 0 Å². The van der Waals surface area contributed by atoms with E-state index in [0.29, 0.717) is 28.9 Å². The third-order valence-electron chi connectivity index (χ3n) is 4.28. The number of hydrogen-bond donors (Lipinski definition) is 1. The number of aryl methyl sites for hydroxylation is 1. The van der Waals surface area contributed by atoms with Crippen molar-refractivity contribution in [3.05, 3.63) is 82.1 Å². The number of nitrogens with zero attached hydrogens (tertiary/aromatic N) is 2. The minimum absolute atomic E-state index is 0.243. The van der Waals surface area contributed by atoms with Crippen molar-refractivity contribution < 1.29 is 4.79 Å². The van der Waals surface area contributed by atoms with Gasteiger partial charge in [0.1, 0.15) is 5.15 Å². The van der Waals surface area contributed by atoms with Gasteiger partial charge in [-0.15, -0.1) is 0 Å². The molecule has 0 aliphatic heterocycles. The van der Waals surface area contributed by atoms with Gasteiger partial charge in [-0.3, -0.25) is 4.79 Å². The van der Waals surface area contributed by atoms with E-state index >= 15 is 0 Å². The first-order chi connectivity index (χ1) is 12.5. The maximum absolute atomic E-state index is 12.8. The molecule has 3 rings (SSSR count). The summed E-state index contributed by atoms with van der Waals surface area (Å²) in [7, 11) is 0. The molecule has 4 nitrogen and oxygen atoms in total. The second-order valence-electron chi connectivity index (χ2n) is 6.63. The van der Waals surface area contributed by atoms with E-state index in [1.807, 2.05) is 48.5 Å². The van der Waals surface area contributed by atoms with Crippen LogP contribution in [0, 0.1) is 6.92 Å². The van der Waals surface area contributed by atoms with E-state index < -0.39 is 0 Å². The van der Waals surface area contributed by atoms with Crippen molar-refractivity contribution in [1.82, 2.24) is 9.78 Å². The Morgan fingerprint density at radius 2 is 1.88 bits per heavy atom. The predicted molar refractivity (Wildman–Crippen MR) is 106 cm³/mol.